The fourth-order valence-corrected chi connectivity index (χ4v) is 2.27. The predicted molar refractivity (Wildman–Crippen MR) is 74.3 cm³/mol. The Morgan fingerprint density at radius 1 is 0.875 bits per heavy atom. The lowest BCUT2D eigenvalue weighted by atomic mass is 10.1. The predicted octanol–water partition coefficient (Wildman–Crippen LogP) is -0.674. The molecule has 1 fully saturated rings. The molecule has 0 saturated carbocycles. The van der Waals surface area contributed by atoms with Crippen molar-refractivity contribution in [2.75, 3.05) is 14.2 Å². The molecular formula is C14H20O10. The average Bonchev–Trinajstić information content (AvgIpc) is 2.80. The Balaban J connectivity index is 3.19. The van der Waals surface area contributed by atoms with Gasteiger partial charge in [0.2, 0.25) is 6.10 Å². The van der Waals surface area contributed by atoms with Crippen LogP contribution in [0.5, 0.6) is 0 Å². The van der Waals surface area contributed by atoms with Crippen LogP contribution in [-0.2, 0) is 47.6 Å². The van der Waals surface area contributed by atoms with Crippen LogP contribution in [0.3, 0.4) is 0 Å². The van der Waals surface area contributed by atoms with Gasteiger partial charge in [0.15, 0.2) is 18.5 Å². The second-order valence-corrected chi connectivity index (χ2v) is 4.91. The molecule has 136 valence electrons. The van der Waals surface area contributed by atoms with E-state index in [2.05, 4.69) is 4.74 Å². The first-order valence-electron chi connectivity index (χ1n) is 6.99. The van der Waals surface area contributed by atoms with E-state index in [4.69, 9.17) is 23.7 Å². The highest BCUT2D eigenvalue weighted by atomic mass is 16.7. The molecule has 10 nitrogen and oxygen atoms in total. The van der Waals surface area contributed by atoms with Gasteiger partial charge in [-0.3, -0.25) is 14.4 Å². The van der Waals surface area contributed by atoms with E-state index in [1.807, 2.05) is 0 Å². The zero-order chi connectivity index (χ0) is 18.4. The lowest BCUT2D eigenvalue weighted by Gasteiger charge is -2.26. The number of hydrogen-bond acceptors (Lipinski definition) is 10. The van der Waals surface area contributed by atoms with Crippen LogP contribution in [0.1, 0.15) is 20.8 Å². The van der Waals surface area contributed by atoms with E-state index in [-0.39, 0.29) is 0 Å². The third kappa shape index (κ3) is 4.90. The molecule has 0 radical (unpaired) electrons. The summed E-state index contributed by atoms with van der Waals surface area (Å²) in [4.78, 5) is 45.8. The molecule has 1 rings (SSSR count). The van der Waals surface area contributed by atoms with Crippen molar-refractivity contribution < 1.29 is 47.6 Å². The van der Waals surface area contributed by atoms with Gasteiger partial charge < -0.3 is 28.4 Å². The third-order valence-electron chi connectivity index (χ3n) is 3.07. The van der Waals surface area contributed by atoms with Gasteiger partial charge in [-0.25, -0.2) is 4.79 Å². The van der Waals surface area contributed by atoms with Crippen molar-refractivity contribution in [3.05, 3.63) is 0 Å². The van der Waals surface area contributed by atoms with Gasteiger partial charge in [0.25, 0.3) is 0 Å². The van der Waals surface area contributed by atoms with E-state index in [9.17, 15) is 19.2 Å². The van der Waals surface area contributed by atoms with Gasteiger partial charge in [-0.2, -0.15) is 0 Å². The molecule has 0 amide bonds. The summed E-state index contributed by atoms with van der Waals surface area (Å²) < 4.78 is 30.2. The summed E-state index contributed by atoms with van der Waals surface area (Å²) in [5.41, 5.74) is 0. The minimum atomic E-state index is -1.53. The first kappa shape index (κ1) is 19.8. The highest BCUT2D eigenvalue weighted by molar-refractivity contribution is 5.79. The molecule has 0 N–H and O–H groups in total. The van der Waals surface area contributed by atoms with E-state index < -0.39 is 54.6 Å². The second kappa shape index (κ2) is 8.60. The lowest BCUT2D eigenvalue weighted by Crippen LogP contribution is -2.48. The van der Waals surface area contributed by atoms with Gasteiger partial charge in [-0.05, 0) is 0 Å². The van der Waals surface area contributed by atoms with E-state index in [0.29, 0.717) is 0 Å². The molecule has 0 aromatic carbocycles. The zero-order valence-corrected chi connectivity index (χ0v) is 14.0. The summed E-state index contributed by atoms with van der Waals surface area (Å²) in [5, 5.41) is 0. The van der Waals surface area contributed by atoms with Crippen LogP contribution in [0.25, 0.3) is 0 Å². The van der Waals surface area contributed by atoms with E-state index >= 15 is 0 Å². The van der Waals surface area contributed by atoms with E-state index in [1.54, 1.807) is 0 Å². The van der Waals surface area contributed by atoms with Gasteiger partial charge >= 0.3 is 23.9 Å². The SMILES string of the molecule is COC(=O)C(OC(C)=O)C1OC(OC)C(OC(C)=O)C1OC(C)=O. The van der Waals surface area contributed by atoms with E-state index in [1.165, 1.54) is 7.11 Å². The summed E-state index contributed by atoms with van der Waals surface area (Å²) >= 11 is 0. The van der Waals surface area contributed by atoms with Crippen molar-refractivity contribution >= 4 is 23.9 Å². The molecule has 1 heterocycles. The van der Waals surface area contributed by atoms with Crippen molar-refractivity contribution in [3.63, 3.8) is 0 Å². The maximum absolute atomic E-state index is 11.9. The molecule has 0 aromatic rings. The number of carbonyl (C=O) groups excluding carboxylic acids is 4. The molecule has 0 bridgehead atoms. The molecule has 5 atom stereocenters. The monoisotopic (exact) mass is 348 g/mol. The molecule has 0 aromatic heterocycles. The fourth-order valence-electron chi connectivity index (χ4n) is 2.27. The quantitative estimate of drug-likeness (QED) is 0.450. The van der Waals surface area contributed by atoms with Crippen LogP contribution in [0.15, 0.2) is 0 Å². The summed E-state index contributed by atoms with van der Waals surface area (Å²) in [6, 6.07) is 0. The van der Waals surface area contributed by atoms with Crippen molar-refractivity contribution in [3.8, 4) is 0 Å². The molecule has 1 aliphatic heterocycles. The Morgan fingerprint density at radius 2 is 1.42 bits per heavy atom. The van der Waals surface area contributed by atoms with Crippen LogP contribution >= 0.6 is 0 Å². The summed E-state index contributed by atoms with van der Waals surface area (Å²) in [6.07, 6.45) is -6.33. The summed E-state index contributed by atoms with van der Waals surface area (Å²) in [6.45, 7) is 3.36. The molecular weight excluding hydrogens is 328 g/mol. The molecule has 0 spiro atoms. The van der Waals surface area contributed by atoms with Gasteiger partial charge in [0.05, 0.1) is 7.11 Å². The highest BCUT2D eigenvalue weighted by Crippen LogP contribution is 2.31. The first-order chi connectivity index (χ1) is 11.2. The number of carbonyl (C=O) groups is 4. The van der Waals surface area contributed by atoms with Crippen molar-refractivity contribution in [2.45, 2.75) is 51.5 Å². The number of methoxy groups -OCH3 is 2. The average molecular weight is 348 g/mol. The van der Waals surface area contributed by atoms with Crippen molar-refractivity contribution in [1.29, 1.82) is 0 Å². The Labute approximate surface area is 138 Å². The fraction of sp³-hybridized carbons (Fsp3) is 0.714. The first-order valence-corrected chi connectivity index (χ1v) is 6.99. The second-order valence-electron chi connectivity index (χ2n) is 4.91. The van der Waals surface area contributed by atoms with Crippen molar-refractivity contribution in [1.82, 2.24) is 0 Å². The molecule has 1 saturated heterocycles. The summed E-state index contributed by atoms with van der Waals surface area (Å²) in [5.74, 6) is -3.09. The minimum Gasteiger partial charge on any atom is -0.466 e. The molecule has 24 heavy (non-hydrogen) atoms. The van der Waals surface area contributed by atoms with Crippen molar-refractivity contribution in [2.24, 2.45) is 0 Å². The Hall–Kier alpha value is -2.20. The Kier molecular flexibility index (Phi) is 7.11. The van der Waals surface area contributed by atoms with Gasteiger partial charge in [-0.15, -0.1) is 0 Å². The smallest absolute Gasteiger partial charge is 0.350 e. The third-order valence-corrected chi connectivity index (χ3v) is 3.07. The van der Waals surface area contributed by atoms with Crippen LogP contribution in [0.2, 0.25) is 0 Å². The molecule has 1 aliphatic rings. The molecule has 0 aliphatic carbocycles. The number of hydrogen-bond donors (Lipinski definition) is 0. The standard InChI is InChI=1S/C14H20O10/c1-6(15)21-10-9(11(13(18)19-4)22-7(2)16)24-14(20-5)12(10)23-8(3)17/h9-12,14H,1-5H3. The number of esters is 4. The highest BCUT2D eigenvalue weighted by Gasteiger charge is 2.55. The van der Waals surface area contributed by atoms with E-state index in [0.717, 1.165) is 27.9 Å². The van der Waals surface area contributed by atoms with Crippen LogP contribution < -0.4 is 0 Å². The van der Waals surface area contributed by atoms with Gasteiger partial charge in [0.1, 0.15) is 6.10 Å². The zero-order valence-electron chi connectivity index (χ0n) is 14.0. The van der Waals surface area contributed by atoms with Crippen LogP contribution in [0, 0.1) is 0 Å². The maximum Gasteiger partial charge on any atom is 0.350 e. The van der Waals surface area contributed by atoms with Crippen LogP contribution in [-0.4, -0.2) is 68.8 Å². The Morgan fingerprint density at radius 3 is 1.83 bits per heavy atom. The van der Waals surface area contributed by atoms with Crippen LogP contribution in [0.4, 0.5) is 0 Å². The minimum absolute atomic E-state index is 0.675. The topological polar surface area (TPSA) is 124 Å². The normalized spacial score (nSPS) is 27.0. The number of rotatable bonds is 6. The lowest BCUT2D eigenvalue weighted by molar-refractivity contribution is -0.194. The Bertz CT molecular complexity index is 502. The maximum atomic E-state index is 11.9. The summed E-state index contributed by atoms with van der Waals surface area (Å²) in [7, 11) is 2.36. The van der Waals surface area contributed by atoms with Gasteiger partial charge in [0, 0.05) is 27.9 Å². The largest absolute Gasteiger partial charge is 0.466 e. The van der Waals surface area contributed by atoms with Gasteiger partial charge in [-0.1, -0.05) is 0 Å². The number of ether oxygens (including phenoxy) is 6. The molecule has 10 heteroatoms. The molecule has 5 unspecified atom stereocenters.